The van der Waals surface area contributed by atoms with Gasteiger partial charge in [-0.05, 0) is 18.6 Å². The minimum Gasteiger partial charge on any atom is -0.362 e. The van der Waals surface area contributed by atoms with Crippen LogP contribution in [0.4, 0.5) is 23.2 Å². The van der Waals surface area contributed by atoms with Crippen molar-refractivity contribution in [2.24, 2.45) is 5.10 Å². The summed E-state index contributed by atoms with van der Waals surface area (Å²) in [7, 11) is 0. The maximum absolute atomic E-state index is 13.7. The van der Waals surface area contributed by atoms with E-state index in [-0.39, 0.29) is 5.71 Å². The number of hydrazone groups is 1. The number of nitrogens with zero attached hydrogens (tertiary/aromatic N) is 2. The Kier molecular flexibility index (Phi) is 3.73. The van der Waals surface area contributed by atoms with E-state index in [0.29, 0.717) is 17.9 Å². The predicted octanol–water partition coefficient (Wildman–Crippen LogP) is 3.44. The average molecular weight is 290 g/mol. The van der Waals surface area contributed by atoms with Crippen molar-refractivity contribution in [1.29, 1.82) is 0 Å². The van der Waals surface area contributed by atoms with Gasteiger partial charge in [-0.15, -0.1) is 0 Å². The third-order valence-electron chi connectivity index (χ3n) is 3.12. The van der Waals surface area contributed by atoms with Crippen LogP contribution in [0.5, 0.6) is 0 Å². The fraction of sp³-hybridized carbons (Fsp3) is 0.462. The second-order valence-corrected chi connectivity index (χ2v) is 4.67. The van der Waals surface area contributed by atoms with Crippen LogP contribution in [0.1, 0.15) is 26.2 Å². The first-order valence-electron chi connectivity index (χ1n) is 6.20. The maximum Gasteiger partial charge on any atom is 0.438 e. The van der Waals surface area contributed by atoms with Gasteiger partial charge in [-0.1, -0.05) is 25.5 Å². The van der Waals surface area contributed by atoms with Gasteiger partial charge in [0.1, 0.15) is 5.82 Å². The zero-order valence-electron chi connectivity index (χ0n) is 10.8. The molecule has 7 heteroatoms. The summed E-state index contributed by atoms with van der Waals surface area (Å²) in [5.41, 5.74) is -3.38. The van der Waals surface area contributed by atoms with E-state index in [1.165, 1.54) is 12.1 Å². The lowest BCUT2D eigenvalue weighted by Crippen LogP contribution is -2.55. The van der Waals surface area contributed by atoms with Crippen LogP contribution in [0.3, 0.4) is 0 Å². The Labute approximate surface area is 113 Å². The van der Waals surface area contributed by atoms with Gasteiger partial charge in [-0.25, -0.2) is 9.40 Å². The molecule has 2 rings (SSSR count). The number of benzene rings is 1. The Morgan fingerprint density at radius 1 is 1.35 bits per heavy atom. The highest BCUT2D eigenvalue weighted by Crippen LogP contribution is 2.43. The molecule has 0 saturated heterocycles. The highest BCUT2D eigenvalue weighted by molar-refractivity contribution is 5.89. The highest BCUT2D eigenvalue weighted by Gasteiger charge is 2.61. The molecule has 1 unspecified atom stereocenters. The molecule has 1 N–H and O–H groups in total. The van der Waals surface area contributed by atoms with Crippen molar-refractivity contribution in [2.75, 3.05) is 5.01 Å². The Morgan fingerprint density at radius 3 is 2.55 bits per heavy atom. The van der Waals surface area contributed by atoms with E-state index in [1.54, 1.807) is 6.92 Å². The van der Waals surface area contributed by atoms with Gasteiger partial charge in [0.15, 0.2) is 0 Å². The van der Waals surface area contributed by atoms with Gasteiger partial charge in [0.25, 0.3) is 5.72 Å². The van der Waals surface area contributed by atoms with E-state index in [9.17, 15) is 22.7 Å². The van der Waals surface area contributed by atoms with E-state index < -0.39 is 29.8 Å². The molecule has 1 atom stereocenters. The SMILES string of the molecule is CCCC1=NN(c2ccccc2F)C(O)(C(F)(F)F)C1. The standard InChI is InChI=1S/C13H14F4N2O/c1-2-5-9-8-12(20,13(15,16)17)19(18-9)11-7-4-3-6-10(11)14/h3-4,6-7,20H,2,5,8H2,1H3. The minimum atomic E-state index is -4.94. The molecule has 0 saturated carbocycles. The van der Waals surface area contributed by atoms with E-state index >= 15 is 0 Å². The summed E-state index contributed by atoms with van der Waals surface area (Å²) < 4.78 is 53.1. The van der Waals surface area contributed by atoms with Crippen molar-refractivity contribution >= 4 is 11.4 Å². The summed E-state index contributed by atoms with van der Waals surface area (Å²) >= 11 is 0. The number of hydrogen-bond acceptors (Lipinski definition) is 3. The number of halogens is 4. The van der Waals surface area contributed by atoms with E-state index in [4.69, 9.17) is 0 Å². The number of alkyl halides is 3. The quantitative estimate of drug-likeness (QED) is 0.866. The van der Waals surface area contributed by atoms with Crippen LogP contribution in [-0.4, -0.2) is 22.7 Å². The molecule has 0 bridgehead atoms. The summed E-state index contributed by atoms with van der Waals surface area (Å²) in [4.78, 5) is 0. The first-order valence-corrected chi connectivity index (χ1v) is 6.20. The molecule has 0 amide bonds. The summed E-state index contributed by atoms with van der Waals surface area (Å²) in [6.45, 7) is 1.79. The molecular weight excluding hydrogens is 276 g/mol. The normalized spacial score (nSPS) is 23.1. The van der Waals surface area contributed by atoms with Crippen LogP contribution in [-0.2, 0) is 0 Å². The Bertz CT molecular complexity index is 529. The first kappa shape index (κ1) is 14.8. The fourth-order valence-electron chi connectivity index (χ4n) is 2.14. The van der Waals surface area contributed by atoms with Crippen LogP contribution in [0.25, 0.3) is 0 Å². The predicted molar refractivity (Wildman–Crippen MR) is 66.8 cm³/mol. The van der Waals surface area contributed by atoms with Crippen LogP contribution in [0.15, 0.2) is 29.4 Å². The van der Waals surface area contributed by atoms with Crippen molar-refractivity contribution in [2.45, 2.75) is 38.1 Å². The largest absolute Gasteiger partial charge is 0.438 e. The Balaban J connectivity index is 2.48. The number of para-hydroxylation sites is 1. The van der Waals surface area contributed by atoms with Crippen LogP contribution in [0, 0.1) is 5.82 Å². The second-order valence-electron chi connectivity index (χ2n) is 4.67. The van der Waals surface area contributed by atoms with Gasteiger partial charge >= 0.3 is 6.18 Å². The fourth-order valence-corrected chi connectivity index (χ4v) is 2.14. The highest BCUT2D eigenvalue weighted by atomic mass is 19.4. The van der Waals surface area contributed by atoms with Gasteiger partial charge in [-0.2, -0.15) is 18.3 Å². The van der Waals surface area contributed by atoms with Crippen LogP contribution in [0.2, 0.25) is 0 Å². The number of anilines is 1. The molecule has 1 aliphatic heterocycles. The molecule has 0 fully saturated rings. The van der Waals surface area contributed by atoms with Crippen molar-refractivity contribution in [3.05, 3.63) is 30.1 Å². The molecule has 0 radical (unpaired) electrons. The molecule has 110 valence electrons. The summed E-state index contributed by atoms with van der Waals surface area (Å²) in [5, 5.41) is 14.1. The van der Waals surface area contributed by atoms with Crippen molar-refractivity contribution in [3.63, 3.8) is 0 Å². The van der Waals surface area contributed by atoms with Gasteiger partial charge in [0.05, 0.1) is 5.69 Å². The van der Waals surface area contributed by atoms with Crippen LogP contribution < -0.4 is 5.01 Å². The monoisotopic (exact) mass is 290 g/mol. The zero-order valence-corrected chi connectivity index (χ0v) is 10.8. The smallest absolute Gasteiger partial charge is 0.362 e. The van der Waals surface area contributed by atoms with Gasteiger partial charge < -0.3 is 5.11 Å². The first-order chi connectivity index (χ1) is 9.29. The summed E-state index contributed by atoms with van der Waals surface area (Å²) in [6, 6.07) is 4.94. The molecule has 0 aromatic heterocycles. The molecule has 1 aliphatic rings. The topological polar surface area (TPSA) is 35.8 Å². The van der Waals surface area contributed by atoms with E-state index in [1.807, 2.05) is 0 Å². The second kappa shape index (κ2) is 5.05. The minimum absolute atomic E-state index is 0.204. The third kappa shape index (κ3) is 2.37. The summed E-state index contributed by atoms with van der Waals surface area (Å²) in [5.74, 6) is -0.864. The lowest BCUT2D eigenvalue weighted by atomic mass is 10.0. The number of hydrogen-bond donors (Lipinski definition) is 1. The molecule has 1 heterocycles. The van der Waals surface area contributed by atoms with Crippen molar-refractivity contribution < 1.29 is 22.7 Å². The molecule has 0 aliphatic carbocycles. The van der Waals surface area contributed by atoms with Gasteiger partial charge in [-0.3, -0.25) is 0 Å². The van der Waals surface area contributed by atoms with E-state index in [2.05, 4.69) is 5.10 Å². The zero-order chi connectivity index (χ0) is 15.0. The lowest BCUT2D eigenvalue weighted by Gasteiger charge is -2.34. The number of aliphatic hydroxyl groups is 1. The van der Waals surface area contributed by atoms with Crippen molar-refractivity contribution in [3.8, 4) is 0 Å². The molecule has 3 nitrogen and oxygen atoms in total. The van der Waals surface area contributed by atoms with Gasteiger partial charge in [0, 0.05) is 12.1 Å². The Morgan fingerprint density at radius 2 is 2.00 bits per heavy atom. The molecule has 1 aromatic rings. The average Bonchev–Trinajstić information content (AvgIpc) is 2.68. The molecular formula is C13H14F4N2O. The number of rotatable bonds is 3. The summed E-state index contributed by atoms with van der Waals surface area (Å²) in [6.07, 6.45) is -4.69. The van der Waals surface area contributed by atoms with Gasteiger partial charge in [0.2, 0.25) is 0 Å². The van der Waals surface area contributed by atoms with Crippen LogP contribution >= 0.6 is 0 Å². The molecule has 20 heavy (non-hydrogen) atoms. The lowest BCUT2D eigenvalue weighted by molar-refractivity contribution is -0.254. The maximum atomic E-state index is 13.7. The molecule has 1 aromatic carbocycles. The third-order valence-corrected chi connectivity index (χ3v) is 3.12. The van der Waals surface area contributed by atoms with Crippen molar-refractivity contribution in [1.82, 2.24) is 0 Å². The van der Waals surface area contributed by atoms with E-state index in [0.717, 1.165) is 12.1 Å². The molecule has 0 spiro atoms. The Hall–Kier alpha value is -1.63.